The molecule has 0 radical (unpaired) electrons. The lowest BCUT2D eigenvalue weighted by Gasteiger charge is -2.35. The summed E-state index contributed by atoms with van der Waals surface area (Å²) >= 11 is 0. The lowest BCUT2D eigenvalue weighted by molar-refractivity contribution is 0.168. The zero-order valence-electron chi connectivity index (χ0n) is 10.9. The number of rotatable bonds is 3. The molecule has 2 nitrogen and oxygen atoms in total. The van der Waals surface area contributed by atoms with Crippen molar-refractivity contribution in [3.8, 4) is 0 Å². The Balaban J connectivity index is 1.86. The number of nitrogens with one attached hydrogen (secondary N) is 1. The molecule has 18 heavy (non-hydrogen) atoms. The topological polar surface area (TPSA) is 15.3 Å². The molecule has 0 bridgehead atoms. The molecule has 1 aliphatic rings. The second-order valence-corrected chi connectivity index (χ2v) is 5.18. The van der Waals surface area contributed by atoms with E-state index in [4.69, 9.17) is 0 Å². The third-order valence-corrected chi connectivity index (χ3v) is 3.79. The van der Waals surface area contributed by atoms with Gasteiger partial charge < -0.3 is 10.2 Å². The average molecular weight is 254 g/mol. The Bertz CT molecular complexity index is 409. The van der Waals surface area contributed by atoms with Gasteiger partial charge in [-0.2, -0.15) is 0 Å². The minimum atomic E-state index is -0.785. The first-order valence-corrected chi connectivity index (χ1v) is 6.44. The fourth-order valence-corrected chi connectivity index (χ4v) is 2.39. The summed E-state index contributed by atoms with van der Waals surface area (Å²) in [5.74, 6) is -1.56. The molecule has 2 atom stereocenters. The van der Waals surface area contributed by atoms with Crippen LogP contribution in [0.4, 0.5) is 8.78 Å². The summed E-state index contributed by atoms with van der Waals surface area (Å²) in [5, 5.41) is 3.42. The highest BCUT2D eigenvalue weighted by Gasteiger charge is 2.22. The van der Waals surface area contributed by atoms with Crippen LogP contribution in [-0.4, -0.2) is 30.6 Å². The summed E-state index contributed by atoms with van der Waals surface area (Å²) in [4.78, 5) is 2.34. The number of nitrogens with zero attached hydrogens (tertiary/aromatic N) is 1. The molecule has 1 heterocycles. The van der Waals surface area contributed by atoms with Crippen LogP contribution in [-0.2, 0) is 6.54 Å². The Hall–Kier alpha value is -1.00. The summed E-state index contributed by atoms with van der Waals surface area (Å²) < 4.78 is 25.8. The predicted molar refractivity (Wildman–Crippen MR) is 68.3 cm³/mol. The van der Waals surface area contributed by atoms with Gasteiger partial charge in [0, 0.05) is 18.6 Å². The minimum absolute atomic E-state index is 0.462. The van der Waals surface area contributed by atoms with Crippen LogP contribution < -0.4 is 5.32 Å². The largest absolute Gasteiger partial charge is 0.310 e. The summed E-state index contributed by atoms with van der Waals surface area (Å²) in [7, 11) is 2.14. The van der Waals surface area contributed by atoms with Gasteiger partial charge in [0.2, 0.25) is 0 Å². The molecule has 1 saturated heterocycles. The molecule has 1 N–H and O–H groups in total. The maximum Gasteiger partial charge on any atom is 0.159 e. The average Bonchev–Trinajstić information content (AvgIpc) is 2.35. The lowest BCUT2D eigenvalue weighted by atomic mass is 9.99. The first-order valence-electron chi connectivity index (χ1n) is 6.44. The molecule has 0 aliphatic carbocycles. The van der Waals surface area contributed by atoms with E-state index in [9.17, 15) is 8.78 Å². The highest BCUT2D eigenvalue weighted by Crippen LogP contribution is 2.16. The molecule has 0 aromatic heterocycles. The zero-order valence-corrected chi connectivity index (χ0v) is 10.9. The normalized spacial score (nSPS) is 25.3. The van der Waals surface area contributed by atoms with Gasteiger partial charge in [-0.1, -0.05) is 6.07 Å². The summed E-state index contributed by atoms with van der Waals surface area (Å²) in [6.07, 6.45) is 2.20. The third-order valence-electron chi connectivity index (χ3n) is 3.79. The molecule has 0 amide bonds. The molecule has 1 aromatic carbocycles. The second kappa shape index (κ2) is 5.76. The van der Waals surface area contributed by atoms with Crippen molar-refractivity contribution in [3.05, 3.63) is 35.4 Å². The molecule has 1 fully saturated rings. The van der Waals surface area contributed by atoms with Crippen LogP contribution in [0.5, 0.6) is 0 Å². The fourth-order valence-electron chi connectivity index (χ4n) is 2.39. The molecule has 4 heteroatoms. The van der Waals surface area contributed by atoms with E-state index < -0.39 is 11.6 Å². The van der Waals surface area contributed by atoms with Crippen LogP contribution in [0, 0.1) is 11.6 Å². The Labute approximate surface area is 107 Å². The molecule has 0 saturated carbocycles. The van der Waals surface area contributed by atoms with Crippen molar-refractivity contribution in [1.82, 2.24) is 10.2 Å². The van der Waals surface area contributed by atoms with Gasteiger partial charge in [-0.15, -0.1) is 0 Å². The highest BCUT2D eigenvalue weighted by molar-refractivity contribution is 5.17. The quantitative estimate of drug-likeness (QED) is 0.891. The fraction of sp³-hybridized carbons (Fsp3) is 0.571. The smallest absolute Gasteiger partial charge is 0.159 e. The molecule has 2 rings (SSSR count). The van der Waals surface area contributed by atoms with Crippen molar-refractivity contribution in [2.45, 2.75) is 38.4 Å². The van der Waals surface area contributed by atoms with E-state index in [0.717, 1.165) is 24.9 Å². The van der Waals surface area contributed by atoms with E-state index in [1.165, 1.54) is 12.1 Å². The predicted octanol–water partition coefficient (Wildman–Crippen LogP) is 2.54. The third kappa shape index (κ3) is 3.27. The van der Waals surface area contributed by atoms with Crippen LogP contribution in [0.3, 0.4) is 0 Å². The van der Waals surface area contributed by atoms with Gasteiger partial charge in [0.25, 0.3) is 0 Å². The molecule has 100 valence electrons. The monoisotopic (exact) mass is 254 g/mol. The first-order chi connectivity index (χ1) is 8.56. The zero-order chi connectivity index (χ0) is 13.1. The van der Waals surface area contributed by atoms with Crippen LogP contribution in [0.15, 0.2) is 18.2 Å². The van der Waals surface area contributed by atoms with Gasteiger partial charge >= 0.3 is 0 Å². The van der Waals surface area contributed by atoms with Crippen LogP contribution in [0.25, 0.3) is 0 Å². The van der Waals surface area contributed by atoms with Crippen molar-refractivity contribution < 1.29 is 8.78 Å². The Morgan fingerprint density at radius 2 is 2.11 bits per heavy atom. The van der Waals surface area contributed by atoms with E-state index in [1.54, 1.807) is 6.07 Å². The molecule has 2 unspecified atom stereocenters. The number of likely N-dealkylation sites (tertiary alicyclic amines) is 1. The second-order valence-electron chi connectivity index (χ2n) is 5.18. The van der Waals surface area contributed by atoms with Crippen molar-refractivity contribution in [3.63, 3.8) is 0 Å². The number of hydrogen-bond acceptors (Lipinski definition) is 2. The van der Waals surface area contributed by atoms with Crippen LogP contribution >= 0.6 is 0 Å². The Morgan fingerprint density at radius 1 is 1.33 bits per heavy atom. The summed E-state index contributed by atoms with van der Waals surface area (Å²) in [6.45, 7) is 3.89. The van der Waals surface area contributed by atoms with Crippen molar-refractivity contribution in [2.75, 3.05) is 13.6 Å². The van der Waals surface area contributed by atoms with Gasteiger partial charge in [0.1, 0.15) is 0 Å². The van der Waals surface area contributed by atoms with E-state index in [2.05, 4.69) is 24.2 Å². The SMILES string of the molecule is CC1CC(NCc2ccc(F)c(F)c2)CCN1C. The van der Waals surface area contributed by atoms with E-state index in [1.807, 2.05) is 0 Å². The van der Waals surface area contributed by atoms with Gasteiger partial charge in [-0.25, -0.2) is 8.78 Å². The van der Waals surface area contributed by atoms with Gasteiger partial charge in [0.15, 0.2) is 11.6 Å². The van der Waals surface area contributed by atoms with Crippen LogP contribution in [0.2, 0.25) is 0 Å². The van der Waals surface area contributed by atoms with Gasteiger partial charge in [-0.05, 0) is 51.1 Å². The van der Waals surface area contributed by atoms with Gasteiger partial charge in [0.05, 0.1) is 0 Å². The van der Waals surface area contributed by atoms with E-state index in [-0.39, 0.29) is 0 Å². The molecular formula is C14H20F2N2. The molecule has 1 aliphatic heterocycles. The van der Waals surface area contributed by atoms with Crippen molar-refractivity contribution in [2.24, 2.45) is 0 Å². The van der Waals surface area contributed by atoms with Crippen molar-refractivity contribution in [1.29, 1.82) is 0 Å². The van der Waals surface area contributed by atoms with E-state index in [0.29, 0.717) is 18.6 Å². The first kappa shape index (κ1) is 13.4. The number of hydrogen-bond donors (Lipinski definition) is 1. The number of halogens is 2. The lowest BCUT2D eigenvalue weighted by Crippen LogP contribution is -2.45. The molecule has 1 aromatic rings. The molecular weight excluding hydrogens is 234 g/mol. The Morgan fingerprint density at radius 3 is 2.78 bits per heavy atom. The van der Waals surface area contributed by atoms with Crippen molar-refractivity contribution >= 4 is 0 Å². The standard InChI is InChI=1S/C14H20F2N2/c1-10-7-12(5-6-18(10)2)17-9-11-3-4-13(15)14(16)8-11/h3-4,8,10,12,17H,5-7,9H2,1-2H3. The summed E-state index contributed by atoms with van der Waals surface area (Å²) in [5.41, 5.74) is 0.792. The minimum Gasteiger partial charge on any atom is -0.310 e. The van der Waals surface area contributed by atoms with Gasteiger partial charge in [-0.3, -0.25) is 0 Å². The highest BCUT2D eigenvalue weighted by atomic mass is 19.2. The van der Waals surface area contributed by atoms with E-state index >= 15 is 0 Å². The summed E-state index contributed by atoms with van der Waals surface area (Å²) in [6, 6.07) is 5.11. The number of benzene rings is 1. The Kier molecular flexibility index (Phi) is 4.30. The maximum atomic E-state index is 13.0. The molecule has 0 spiro atoms. The maximum absolute atomic E-state index is 13.0. The van der Waals surface area contributed by atoms with Crippen LogP contribution in [0.1, 0.15) is 25.3 Å². The number of piperidine rings is 1.